The number of aromatic nitrogens is 2. The van der Waals surface area contributed by atoms with Crippen molar-refractivity contribution in [3.63, 3.8) is 0 Å². The zero-order valence-electron chi connectivity index (χ0n) is 8.23. The van der Waals surface area contributed by atoms with Crippen molar-refractivity contribution in [2.24, 2.45) is 5.92 Å². The number of halogens is 1. The standard InChI is InChI=1S/C9H12ClN3OS/c10-4-7-2-1-3-13(6-7)9(14)8-5-11-12-15-8/h5,7H,1-4,6H2. The summed E-state index contributed by atoms with van der Waals surface area (Å²) in [6.45, 7) is 1.59. The smallest absolute Gasteiger partial charge is 0.267 e. The molecule has 15 heavy (non-hydrogen) atoms. The Morgan fingerprint density at radius 3 is 3.27 bits per heavy atom. The molecule has 0 radical (unpaired) electrons. The molecule has 1 atom stereocenters. The van der Waals surface area contributed by atoms with Crippen LogP contribution in [0.25, 0.3) is 0 Å². The van der Waals surface area contributed by atoms with Crippen LogP contribution in [0.4, 0.5) is 0 Å². The highest BCUT2D eigenvalue weighted by atomic mass is 35.5. The molecule has 1 unspecified atom stereocenters. The molecule has 1 saturated heterocycles. The predicted octanol–water partition coefficient (Wildman–Crippen LogP) is 1.63. The lowest BCUT2D eigenvalue weighted by atomic mass is 10.00. The molecule has 1 aliphatic heterocycles. The van der Waals surface area contributed by atoms with E-state index in [9.17, 15) is 4.79 Å². The summed E-state index contributed by atoms with van der Waals surface area (Å²) in [5.74, 6) is 1.11. The van der Waals surface area contributed by atoms with E-state index in [0.717, 1.165) is 37.5 Å². The van der Waals surface area contributed by atoms with Gasteiger partial charge in [-0.05, 0) is 30.3 Å². The lowest BCUT2D eigenvalue weighted by Gasteiger charge is -2.31. The van der Waals surface area contributed by atoms with Crippen LogP contribution in [0.1, 0.15) is 22.5 Å². The monoisotopic (exact) mass is 245 g/mol. The number of amides is 1. The zero-order valence-corrected chi connectivity index (χ0v) is 9.80. The Kier molecular flexibility index (Phi) is 3.53. The summed E-state index contributed by atoms with van der Waals surface area (Å²) >= 11 is 6.96. The highest BCUT2D eigenvalue weighted by Crippen LogP contribution is 2.20. The van der Waals surface area contributed by atoms with E-state index in [2.05, 4.69) is 9.59 Å². The van der Waals surface area contributed by atoms with Crippen LogP contribution in [-0.2, 0) is 0 Å². The Morgan fingerprint density at radius 2 is 2.60 bits per heavy atom. The summed E-state index contributed by atoms with van der Waals surface area (Å²) in [5, 5.41) is 3.67. The first-order valence-electron chi connectivity index (χ1n) is 4.94. The maximum Gasteiger partial charge on any atom is 0.267 e. The molecule has 0 aromatic carbocycles. The summed E-state index contributed by atoms with van der Waals surface area (Å²) < 4.78 is 3.70. The van der Waals surface area contributed by atoms with Gasteiger partial charge in [-0.25, -0.2) is 0 Å². The van der Waals surface area contributed by atoms with Crippen molar-refractivity contribution in [1.82, 2.24) is 14.5 Å². The van der Waals surface area contributed by atoms with Crippen molar-refractivity contribution < 1.29 is 4.79 Å². The molecule has 1 fully saturated rings. The minimum absolute atomic E-state index is 0.0415. The number of piperidine rings is 1. The zero-order chi connectivity index (χ0) is 10.7. The lowest BCUT2D eigenvalue weighted by Crippen LogP contribution is -2.40. The lowest BCUT2D eigenvalue weighted by molar-refractivity contribution is 0.0689. The van der Waals surface area contributed by atoms with Crippen molar-refractivity contribution in [1.29, 1.82) is 0 Å². The van der Waals surface area contributed by atoms with Gasteiger partial charge in [-0.15, -0.1) is 16.7 Å². The first-order chi connectivity index (χ1) is 7.31. The maximum absolute atomic E-state index is 11.9. The van der Waals surface area contributed by atoms with Crippen LogP contribution in [0.15, 0.2) is 6.20 Å². The summed E-state index contributed by atoms with van der Waals surface area (Å²) in [6, 6.07) is 0. The summed E-state index contributed by atoms with van der Waals surface area (Å²) in [6.07, 6.45) is 3.68. The fourth-order valence-electron chi connectivity index (χ4n) is 1.79. The molecule has 2 heterocycles. The second-order valence-electron chi connectivity index (χ2n) is 3.70. The van der Waals surface area contributed by atoms with Gasteiger partial charge in [0.1, 0.15) is 4.88 Å². The summed E-state index contributed by atoms with van der Waals surface area (Å²) in [5.41, 5.74) is 0. The quantitative estimate of drug-likeness (QED) is 0.744. The van der Waals surface area contributed by atoms with Crippen LogP contribution in [-0.4, -0.2) is 39.4 Å². The van der Waals surface area contributed by atoms with Gasteiger partial charge < -0.3 is 4.90 Å². The van der Waals surface area contributed by atoms with E-state index in [1.165, 1.54) is 6.20 Å². The molecule has 6 heteroatoms. The number of hydrogen-bond acceptors (Lipinski definition) is 4. The molecule has 1 aliphatic rings. The maximum atomic E-state index is 11.9. The van der Waals surface area contributed by atoms with Gasteiger partial charge >= 0.3 is 0 Å². The third kappa shape index (κ3) is 2.46. The molecule has 4 nitrogen and oxygen atoms in total. The van der Waals surface area contributed by atoms with E-state index in [1.807, 2.05) is 4.90 Å². The highest BCUT2D eigenvalue weighted by Gasteiger charge is 2.24. The first-order valence-corrected chi connectivity index (χ1v) is 6.24. The van der Waals surface area contributed by atoms with Crippen LogP contribution in [0, 0.1) is 5.92 Å². The van der Waals surface area contributed by atoms with Crippen molar-refractivity contribution in [3.8, 4) is 0 Å². The Labute approximate surface area is 97.4 Å². The van der Waals surface area contributed by atoms with Gasteiger partial charge in [0.15, 0.2) is 0 Å². The average Bonchev–Trinajstić information content (AvgIpc) is 2.81. The minimum atomic E-state index is 0.0415. The number of carbonyl (C=O) groups is 1. The second kappa shape index (κ2) is 4.90. The van der Waals surface area contributed by atoms with Crippen molar-refractivity contribution >= 4 is 29.0 Å². The van der Waals surface area contributed by atoms with Crippen LogP contribution >= 0.6 is 23.1 Å². The van der Waals surface area contributed by atoms with Crippen LogP contribution in [0.2, 0.25) is 0 Å². The minimum Gasteiger partial charge on any atom is -0.338 e. The molecule has 1 amide bonds. The summed E-state index contributed by atoms with van der Waals surface area (Å²) in [4.78, 5) is 14.4. The van der Waals surface area contributed by atoms with Crippen LogP contribution in [0.5, 0.6) is 0 Å². The Hall–Kier alpha value is -0.680. The van der Waals surface area contributed by atoms with Gasteiger partial charge in [0, 0.05) is 19.0 Å². The molecule has 1 aromatic heterocycles. The Bertz CT molecular complexity index is 330. The topological polar surface area (TPSA) is 46.1 Å². The van der Waals surface area contributed by atoms with E-state index in [4.69, 9.17) is 11.6 Å². The molecule has 0 saturated carbocycles. The number of likely N-dealkylation sites (tertiary alicyclic amines) is 1. The third-order valence-corrected chi connectivity index (χ3v) is 3.69. The molecule has 1 aromatic rings. The van der Waals surface area contributed by atoms with Gasteiger partial charge in [0.05, 0.1) is 6.20 Å². The Balaban J connectivity index is 2.01. The largest absolute Gasteiger partial charge is 0.338 e. The van der Waals surface area contributed by atoms with E-state index in [1.54, 1.807) is 0 Å². The third-order valence-electron chi connectivity index (χ3n) is 2.60. The van der Waals surface area contributed by atoms with Gasteiger partial charge in [0.25, 0.3) is 5.91 Å². The average molecular weight is 246 g/mol. The van der Waals surface area contributed by atoms with E-state index >= 15 is 0 Å². The van der Waals surface area contributed by atoms with E-state index in [0.29, 0.717) is 16.7 Å². The number of rotatable bonds is 2. The first kappa shape index (κ1) is 10.8. The number of nitrogens with zero attached hydrogens (tertiary/aromatic N) is 3. The molecular formula is C9H12ClN3OS. The Morgan fingerprint density at radius 1 is 1.73 bits per heavy atom. The number of carbonyl (C=O) groups excluding carboxylic acids is 1. The van der Waals surface area contributed by atoms with Gasteiger partial charge in [-0.2, -0.15) is 0 Å². The molecule has 0 N–H and O–H groups in total. The number of alkyl halides is 1. The van der Waals surface area contributed by atoms with Crippen LogP contribution in [0.3, 0.4) is 0 Å². The molecule has 0 aliphatic carbocycles. The molecule has 0 spiro atoms. The van der Waals surface area contributed by atoms with Gasteiger partial charge in [-0.1, -0.05) is 4.49 Å². The highest BCUT2D eigenvalue weighted by molar-refractivity contribution is 7.07. The molecule has 2 rings (SSSR count). The van der Waals surface area contributed by atoms with Crippen molar-refractivity contribution in [2.75, 3.05) is 19.0 Å². The molecule has 0 bridgehead atoms. The van der Waals surface area contributed by atoms with Crippen molar-refractivity contribution in [3.05, 3.63) is 11.1 Å². The van der Waals surface area contributed by atoms with Crippen molar-refractivity contribution in [2.45, 2.75) is 12.8 Å². The van der Waals surface area contributed by atoms with Crippen LogP contribution < -0.4 is 0 Å². The molecular weight excluding hydrogens is 234 g/mol. The molecule has 82 valence electrons. The SMILES string of the molecule is O=C(c1cnns1)N1CCCC(CCl)C1. The van der Waals surface area contributed by atoms with E-state index < -0.39 is 0 Å². The second-order valence-corrected chi connectivity index (χ2v) is 4.79. The fourth-order valence-corrected chi connectivity index (χ4v) is 2.53. The number of hydrogen-bond donors (Lipinski definition) is 0. The normalized spacial score (nSPS) is 21.7. The summed E-state index contributed by atoms with van der Waals surface area (Å²) in [7, 11) is 0. The predicted molar refractivity (Wildman–Crippen MR) is 59.3 cm³/mol. The van der Waals surface area contributed by atoms with Gasteiger partial charge in [0.2, 0.25) is 0 Å². The fraction of sp³-hybridized carbons (Fsp3) is 0.667. The van der Waals surface area contributed by atoms with E-state index in [-0.39, 0.29) is 5.91 Å². The van der Waals surface area contributed by atoms with Gasteiger partial charge in [-0.3, -0.25) is 4.79 Å².